The lowest BCUT2D eigenvalue weighted by Crippen LogP contribution is -2.47. The van der Waals surface area contributed by atoms with Gasteiger partial charge in [0.1, 0.15) is 17.4 Å². The van der Waals surface area contributed by atoms with E-state index in [1.54, 1.807) is 38.1 Å². The summed E-state index contributed by atoms with van der Waals surface area (Å²) in [6, 6.07) is 8.32. The second-order valence-corrected chi connectivity index (χ2v) is 6.82. The zero-order chi connectivity index (χ0) is 23.5. The van der Waals surface area contributed by atoms with Gasteiger partial charge in [0.25, 0.3) is 0 Å². The first-order chi connectivity index (χ1) is 15.4. The number of hydrogen-bond acceptors (Lipinski definition) is 8. The van der Waals surface area contributed by atoms with Gasteiger partial charge in [-0.3, -0.25) is 9.59 Å². The highest BCUT2D eigenvalue weighted by Crippen LogP contribution is 2.54. The number of rotatable bonds is 6. The number of nitrogens with zero attached hydrogens (tertiary/aromatic N) is 2. The molecule has 1 aromatic rings. The van der Waals surface area contributed by atoms with Crippen molar-refractivity contribution < 1.29 is 28.6 Å². The summed E-state index contributed by atoms with van der Waals surface area (Å²) in [5.41, 5.74) is 3.79. The Kier molecular flexibility index (Phi) is 6.22. The Morgan fingerprint density at radius 2 is 1.94 bits per heavy atom. The summed E-state index contributed by atoms with van der Waals surface area (Å²) in [6.07, 6.45) is 5.05. The van der Waals surface area contributed by atoms with Crippen LogP contribution >= 0.6 is 0 Å². The molecule has 0 aromatic heterocycles. The van der Waals surface area contributed by atoms with E-state index in [-0.39, 0.29) is 53.8 Å². The Morgan fingerprint density at radius 1 is 1.25 bits per heavy atom. The van der Waals surface area contributed by atoms with E-state index in [9.17, 15) is 19.6 Å². The number of hydrogen-bond donors (Lipinski definition) is 1. The lowest BCUT2D eigenvalue weighted by molar-refractivity contribution is -0.142. The predicted molar refractivity (Wildman–Crippen MR) is 111 cm³/mol. The van der Waals surface area contributed by atoms with Crippen molar-refractivity contribution in [2.24, 2.45) is 5.73 Å². The molecule has 2 heterocycles. The number of fused-ring (bicyclic) bond motifs is 2. The van der Waals surface area contributed by atoms with Crippen molar-refractivity contribution in [1.29, 1.82) is 5.26 Å². The van der Waals surface area contributed by atoms with E-state index >= 15 is 0 Å². The normalized spacial score (nSPS) is 19.2. The predicted octanol–water partition coefficient (Wildman–Crippen LogP) is 1.26. The van der Waals surface area contributed by atoms with Crippen LogP contribution in [0.5, 0.6) is 5.75 Å². The summed E-state index contributed by atoms with van der Waals surface area (Å²) in [5.74, 6) is -0.0329. The standard InChI is InChI=1S/C23H21N3O6/c1-4-11-26-16(12-18(27)30-5-2)19(21(28)31-6-3)23(22(26)29)14-9-7-8-10-17(14)32-20(25)15(23)13-24/h1,7-10H,5-6,11-12,25H2,2-3H3/t23-/m0/s1. The number of ether oxygens (including phenoxy) is 3. The average Bonchev–Trinajstić information content (AvgIpc) is 2.98. The Morgan fingerprint density at radius 3 is 2.56 bits per heavy atom. The zero-order valence-corrected chi connectivity index (χ0v) is 17.6. The van der Waals surface area contributed by atoms with Gasteiger partial charge in [0, 0.05) is 11.3 Å². The molecule has 9 nitrogen and oxygen atoms in total. The van der Waals surface area contributed by atoms with Crippen molar-refractivity contribution in [2.45, 2.75) is 25.7 Å². The fourth-order valence-electron chi connectivity index (χ4n) is 4.02. The maximum absolute atomic E-state index is 14.0. The molecular weight excluding hydrogens is 414 g/mol. The van der Waals surface area contributed by atoms with Gasteiger partial charge in [-0.2, -0.15) is 5.26 Å². The summed E-state index contributed by atoms with van der Waals surface area (Å²) in [7, 11) is 0. The number of carbonyl (C=O) groups excluding carboxylic acids is 3. The van der Waals surface area contributed by atoms with Crippen molar-refractivity contribution in [1.82, 2.24) is 4.90 Å². The molecule has 0 fully saturated rings. The number of amides is 1. The third-order valence-electron chi connectivity index (χ3n) is 5.15. The van der Waals surface area contributed by atoms with Gasteiger partial charge in [-0.1, -0.05) is 24.1 Å². The highest BCUT2D eigenvalue weighted by molar-refractivity contribution is 6.13. The number of benzene rings is 1. The molecule has 2 aliphatic heterocycles. The largest absolute Gasteiger partial charge is 0.466 e. The van der Waals surface area contributed by atoms with Crippen molar-refractivity contribution in [2.75, 3.05) is 19.8 Å². The molecule has 0 saturated carbocycles. The molecule has 3 rings (SSSR count). The zero-order valence-electron chi connectivity index (χ0n) is 17.6. The highest BCUT2D eigenvalue weighted by Gasteiger charge is 2.62. The minimum Gasteiger partial charge on any atom is -0.466 e. The number of nitriles is 1. The number of terminal acetylenes is 1. The Bertz CT molecular complexity index is 1140. The maximum atomic E-state index is 14.0. The number of nitrogens with two attached hydrogens (primary N) is 1. The first-order valence-corrected chi connectivity index (χ1v) is 9.87. The summed E-state index contributed by atoms with van der Waals surface area (Å²) in [6.45, 7) is 3.07. The Labute approximate surface area is 185 Å². The molecule has 2 aliphatic rings. The molecule has 1 aromatic carbocycles. The smallest absolute Gasteiger partial charge is 0.337 e. The van der Waals surface area contributed by atoms with Gasteiger partial charge in [0.15, 0.2) is 5.41 Å². The van der Waals surface area contributed by atoms with Gasteiger partial charge in [0.2, 0.25) is 11.8 Å². The average molecular weight is 435 g/mol. The van der Waals surface area contributed by atoms with Gasteiger partial charge in [-0.15, -0.1) is 6.42 Å². The molecule has 2 N–H and O–H groups in total. The Hall–Kier alpha value is -4.24. The summed E-state index contributed by atoms with van der Waals surface area (Å²) < 4.78 is 15.8. The van der Waals surface area contributed by atoms with E-state index in [2.05, 4.69) is 5.92 Å². The van der Waals surface area contributed by atoms with Crippen LogP contribution in [0, 0.1) is 23.7 Å². The molecule has 1 amide bonds. The SMILES string of the molecule is C#CCN1C(=O)[C@@]2(C(C#N)=C(N)Oc3ccccc32)C(C(=O)OCC)=C1CC(=O)OCC. The fraction of sp³-hybridized carbons (Fsp3) is 0.304. The first kappa shape index (κ1) is 22.4. The van der Waals surface area contributed by atoms with Gasteiger partial charge >= 0.3 is 11.9 Å². The third kappa shape index (κ3) is 3.25. The molecule has 0 radical (unpaired) electrons. The second kappa shape index (κ2) is 8.86. The first-order valence-electron chi connectivity index (χ1n) is 9.87. The van der Waals surface area contributed by atoms with Crippen LogP contribution in [0.3, 0.4) is 0 Å². The third-order valence-corrected chi connectivity index (χ3v) is 5.15. The molecule has 0 saturated heterocycles. The van der Waals surface area contributed by atoms with Crippen molar-refractivity contribution >= 4 is 17.8 Å². The topological polar surface area (TPSA) is 132 Å². The van der Waals surface area contributed by atoms with Gasteiger partial charge < -0.3 is 24.8 Å². The molecule has 164 valence electrons. The number of para-hydroxylation sites is 1. The Balaban J connectivity index is 2.44. The molecule has 1 atom stereocenters. The molecule has 9 heteroatoms. The molecule has 0 aliphatic carbocycles. The minimum absolute atomic E-state index is 0.00195. The summed E-state index contributed by atoms with van der Waals surface area (Å²) >= 11 is 0. The highest BCUT2D eigenvalue weighted by atomic mass is 16.5. The maximum Gasteiger partial charge on any atom is 0.337 e. The number of carbonyl (C=O) groups is 3. The van der Waals surface area contributed by atoms with E-state index in [0.717, 1.165) is 4.90 Å². The molecule has 0 bridgehead atoms. The van der Waals surface area contributed by atoms with E-state index in [1.807, 2.05) is 6.07 Å². The van der Waals surface area contributed by atoms with Crippen LogP contribution in [0.25, 0.3) is 0 Å². The van der Waals surface area contributed by atoms with Gasteiger partial charge in [-0.25, -0.2) is 4.79 Å². The molecular formula is C23H21N3O6. The summed E-state index contributed by atoms with van der Waals surface area (Å²) in [5, 5.41) is 9.98. The lowest BCUT2D eigenvalue weighted by Gasteiger charge is -2.35. The van der Waals surface area contributed by atoms with Crippen molar-refractivity contribution in [3.8, 4) is 24.2 Å². The monoisotopic (exact) mass is 435 g/mol. The van der Waals surface area contributed by atoms with Gasteiger partial charge in [0.05, 0.1) is 31.8 Å². The van der Waals surface area contributed by atoms with Crippen LogP contribution in [0.2, 0.25) is 0 Å². The van der Waals surface area contributed by atoms with Crippen LogP contribution in [0.1, 0.15) is 25.8 Å². The second-order valence-electron chi connectivity index (χ2n) is 6.82. The van der Waals surface area contributed by atoms with Crippen LogP contribution in [-0.2, 0) is 29.3 Å². The van der Waals surface area contributed by atoms with Crippen LogP contribution in [-0.4, -0.2) is 42.5 Å². The van der Waals surface area contributed by atoms with E-state index in [0.29, 0.717) is 0 Å². The molecule has 1 spiro atoms. The van der Waals surface area contributed by atoms with Crippen LogP contribution in [0.15, 0.2) is 47.0 Å². The lowest BCUT2D eigenvalue weighted by atomic mass is 9.68. The number of esters is 2. The van der Waals surface area contributed by atoms with E-state index in [1.165, 1.54) is 0 Å². The summed E-state index contributed by atoms with van der Waals surface area (Å²) in [4.78, 5) is 40.7. The van der Waals surface area contributed by atoms with Crippen molar-refractivity contribution in [3.05, 3.63) is 52.6 Å². The van der Waals surface area contributed by atoms with Gasteiger partial charge in [-0.05, 0) is 19.9 Å². The quantitative estimate of drug-likeness (QED) is 0.522. The van der Waals surface area contributed by atoms with Crippen LogP contribution in [0.4, 0.5) is 0 Å². The van der Waals surface area contributed by atoms with Crippen molar-refractivity contribution in [3.63, 3.8) is 0 Å². The van der Waals surface area contributed by atoms with E-state index in [4.69, 9.17) is 26.4 Å². The fourth-order valence-corrected chi connectivity index (χ4v) is 4.02. The molecule has 32 heavy (non-hydrogen) atoms. The van der Waals surface area contributed by atoms with Crippen LogP contribution < -0.4 is 10.5 Å². The van der Waals surface area contributed by atoms with E-state index < -0.39 is 29.7 Å². The minimum atomic E-state index is -1.97. The molecule has 0 unspecified atom stereocenters.